The highest BCUT2D eigenvalue weighted by Crippen LogP contribution is 2.40. The highest BCUT2D eigenvalue weighted by atomic mass is 32.2. The molecule has 29 heavy (non-hydrogen) atoms. The molecule has 0 spiro atoms. The van der Waals surface area contributed by atoms with Crippen molar-refractivity contribution >= 4 is 21.9 Å². The van der Waals surface area contributed by atoms with Crippen molar-refractivity contribution in [2.75, 3.05) is 5.32 Å². The van der Waals surface area contributed by atoms with Crippen LogP contribution in [0.3, 0.4) is 0 Å². The predicted molar refractivity (Wildman–Crippen MR) is 92.5 cm³/mol. The third-order valence-corrected chi connectivity index (χ3v) is 5.22. The maximum atomic E-state index is 13.4. The van der Waals surface area contributed by atoms with Gasteiger partial charge in [0.2, 0.25) is 0 Å². The number of hydrogen-bond donors (Lipinski definition) is 3. The van der Waals surface area contributed by atoms with Gasteiger partial charge in [0.1, 0.15) is 5.54 Å². The van der Waals surface area contributed by atoms with E-state index in [1.165, 1.54) is 6.07 Å². The Bertz CT molecular complexity index is 1030. The third-order valence-electron chi connectivity index (χ3n) is 4.71. The Morgan fingerprint density at radius 2 is 2.00 bits per heavy atom. The molecule has 2 aromatic rings. The topological polar surface area (TPSA) is 113 Å². The number of alkyl halides is 3. The Kier molecular flexibility index (Phi) is 5.40. The van der Waals surface area contributed by atoms with Crippen LogP contribution in [0.5, 0.6) is 0 Å². The number of carbonyl (C=O) groups is 1. The summed E-state index contributed by atoms with van der Waals surface area (Å²) in [7, 11) is -4.68. The van der Waals surface area contributed by atoms with E-state index < -0.39 is 51.4 Å². The standard InChI is InChI=1S/C16H16F4N4O4S/c17-11-8-21-24(9-11)15(4-1-5-15)14(25)23-12-3-2-10(7-22-29(26,27)28)13(6-12)16(18,19)20/h2-3,6,8-9,22H,1,4-5,7H2,(H,23,25)(H,26,27,28). The van der Waals surface area contributed by atoms with Gasteiger partial charge in [-0.2, -0.15) is 31.4 Å². The fourth-order valence-corrected chi connectivity index (χ4v) is 3.43. The van der Waals surface area contributed by atoms with Crippen molar-refractivity contribution < 1.29 is 35.3 Å². The summed E-state index contributed by atoms with van der Waals surface area (Å²) in [5.74, 6) is -1.28. The molecule has 8 nitrogen and oxygen atoms in total. The molecule has 1 aliphatic carbocycles. The van der Waals surface area contributed by atoms with E-state index >= 15 is 0 Å². The molecule has 13 heteroatoms. The molecule has 0 bridgehead atoms. The second-order valence-corrected chi connectivity index (χ2v) is 7.85. The summed E-state index contributed by atoms with van der Waals surface area (Å²) in [6.45, 7) is -0.793. The number of amides is 1. The molecule has 1 heterocycles. The fourth-order valence-electron chi connectivity index (χ4n) is 3.10. The molecule has 0 radical (unpaired) electrons. The van der Waals surface area contributed by atoms with Crippen LogP contribution in [-0.2, 0) is 33.4 Å². The van der Waals surface area contributed by atoms with E-state index in [4.69, 9.17) is 4.55 Å². The van der Waals surface area contributed by atoms with Crippen LogP contribution in [0.4, 0.5) is 23.2 Å². The summed E-state index contributed by atoms with van der Waals surface area (Å²) in [6, 6.07) is 2.82. The van der Waals surface area contributed by atoms with Gasteiger partial charge >= 0.3 is 16.5 Å². The first-order valence-electron chi connectivity index (χ1n) is 8.35. The Hall–Kier alpha value is -2.51. The van der Waals surface area contributed by atoms with Crippen LogP contribution in [0.15, 0.2) is 30.6 Å². The molecule has 3 rings (SSSR count). The van der Waals surface area contributed by atoms with E-state index in [9.17, 15) is 30.8 Å². The number of halogens is 4. The number of nitrogens with zero attached hydrogens (tertiary/aromatic N) is 2. The van der Waals surface area contributed by atoms with E-state index in [0.29, 0.717) is 25.3 Å². The van der Waals surface area contributed by atoms with E-state index in [0.717, 1.165) is 23.1 Å². The Labute approximate surface area is 162 Å². The second kappa shape index (κ2) is 7.39. The number of anilines is 1. The average Bonchev–Trinajstić information content (AvgIpc) is 2.97. The molecule has 1 amide bonds. The maximum Gasteiger partial charge on any atom is 0.416 e. The number of aromatic nitrogens is 2. The first-order valence-corrected chi connectivity index (χ1v) is 9.79. The molecule has 1 fully saturated rings. The summed E-state index contributed by atoms with van der Waals surface area (Å²) in [6.07, 6.45) is -1.49. The molecular weight excluding hydrogens is 420 g/mol. The smallest absolute Gasteiger partial charge is 0.324 e. The first kappa shape index (κ1) is 21.2. The fraction of sp³-hybridized carbons (Fsp3) is 0.375. The Morgan fingerprint density at radius 1 is 1.31 bits per heavy atom. The zero-order valence-corrected chi connectivity index (χ0v) is 15.5. The molecular formula is C16H16F4N4O4S. The first-order chi connectivity index (χ1) is 13.4. The predicted octanol–water partition coefficient (Wildman–Crippen LogP) is 2.45. The van der Waals surface area contributed by atoms with Crippen LogP contribution in [0.1, 0.15) is 30.4 Å². The molecule has 158 valence electrons. The van der Waals surface area contributed by atoms with Crippen molar-refractivity contribution in [3.63, 3.8) is 0 Å². The van der Waals surface area contributed by atoms with Crippen molar-refractivity contribution in [3.8, 4) is 0 Å². The van der Waals surface area contributed by atoms with Crippen LogP contribution < -0.4 is 10.0 Å². The van der Waals surface area contributed by atoms with Crippen LogP contribution in [0, 0.1) is 5.82 Å². The van der Waals surface area contributed by atoms with E-state index in [-0.39, 0.29) is 5.69 Å². The van der Waals surface area contributed by atoms with Crippen molar-refractivity contribution in [2.45, 2.75) is 37.5 Å². The monoisotopic (exact) mass is 436 g/mol. The van der Waals surface area contributed by atoms with Crippen LogP contribution in [0.2, 0.25) is 0 Å². The van der Waals surface area contributed by atoms with Gasteiger partial charge in [-0.25, -0.2) is 4.39 Å². The molecule has 0 aliphatic heterocycles. The van der Waals surface area contributed by atoms with E-state index in [1.54, 1.807) is 4.72 Å². The number of rotatable bonds is 6. The molecule has 1 aliphatic rings. The number of hydrogen-bond acceptors (Lipinski definition) is 4. The van der Waals surface area contributed by atoms with Gasteiger partial charge in [-0.1, -0.05) is 6.07 Å². The normalized spacial score (nSPS) is 16.3. The largest absolute Gasteiger partial charge is 0.416 e. The molecule has 0 atom stereocenters. The lowest BCUT2D eigenvalue weighted by Crippen LogP contribution is -2.51. The maximum absolute atomic E-state index is 13.4. The molecule has 0 unspecified atom stereocenters. The van der Waals surface area contributed by atoms with Gasteiger partial charge in [0.25, 0.3) is 5.91 Å². The highest BCUT2D eigenvalue weighted by molar-refractivity contribution is 7.83. The van der Waals surface area contributed by atoms with Gasteiger partial charge in [-0.3, -0.25) is 14.0 Å². The summed E-state index contributed by atoms with van der Waals surface area (Å²) in [5.41, 5.74) is -2.98. The lowest BCUT2D eigenvalue weighted by molar-refractivity contribution is -0.138. The van der Waals surface area contributed by atoms with Crippen LogP contribution in [0.25, 0.3) is 0 Å². The SMILES string of the molecule is O=C(Nc1ccc(CNS(=O)(=O)O)c(C(F)(F)F)c1)C1(n2cc(F)cn2)CCC1. The minimum absolute atomic E-state index is 0.170. The van der Waals surface area contributed by atoms with Crippen LogP contribution in [-0.4, -0.2) is 28.7 Å². The van der Waals surface area contributed by atoms with Gasteiger partial charge in [0, 0.05) is 12.2 Å². The average molecular weight is 436 g/mol. The minimum atomic E-state index is -4.84. The zero-order valence-electron chi connectivity index (χ0n) is 14.7. The molecule has 3 N–H and O–H groups in total. The van der Waals surface area contributed by atoms with Gasteiger partial charge in [-0.15, -0.1) is 0 Å². The third kappa shape index (κ3) is 4.57. The minimum Gasteiger partial charge on any atom is -0.324 e. The number of nitrogens with one attached hydrogen (secondary N) is 2. The second-order valence-electron chi connectivity index (χ2n) is 6.61. The molecule has 1 saturated carbocycles. The van der Waals surface area contributed by atoms with E-state index in [2.05, 4.69) is 10.4 Å². The van der Waals surface area contributed by atoms with Gasteiger partial charge in [0.05, 0.1) is 18.0 Å². The highest BCUT2D eigenvalue weighted by Gasteiger charge is 2.47. The zero-order chi connectivity index (χ0) is 21.4. The van der Waals surface area contributed by atoms with Gasteiger partial charge in [-0.05, 0) is 37.0 Å². The number of benzene rings is 1. The number of carbonyl (C=O) groups excluding carboxylic acids is 1. The van der Waals surface area contributed by atoms with E-state index in [1.807, 2.05) is 0 Å². The summed E-state index contributed by atoms with van der Waals surface area (Å²) < 4.78 is 86.2. The lowest BCUT2D eigenvalue weighted by Gasteiger charge is -2.40. The van der Waals surface area contributed by atoms with Crippen molar-refractivity contribution in [3.05, 3.63) is 47.5 Å². The summed E-state index contributed by atoms with van der Waals surface area (Å²) in [5, 5.41) is 6.20. The summed E-state index contributed by atoms with van der Waals surface area (Å²) in [4.78, 5) is 12.7. The quantitative estimate of drug-likeness (QED) is 0.476. The molecule has 1 aromatic carbocycles. The molecule has 1 aromatic heterocycles. The van der Waals surface area contributed by atoms with Crippen molar-refractivity contribution in [1.29, 1.82) is 0 Å². The van der Waals surface area contributed by atoms with Crippen molar-refractivity contribution in [1.82, 2.24) is 14.5 Å². The van der Waals surface area contributed by atoms with Crippen LogP contribution >= 0.6 is 0 Å². The molecule has 0 saturated heterocycles. The summed E-state index contributed by atoms with van der Waals surface area (Å²) >= 11 is 0. The van der Waals surface area contributed by atoms with Crippen molar-refractivity contribution in [2.24, 2.45) is 0 Å². The Balaban J connectivity index is 1.86. The van der Waals surface area contributed by atoms with Gasteiger partial charge < -0.3 is 5.32 Å². The lowest BCUT2D eigenvalue weighted by atomic mass is 9.76. The Morgan fingerprint density at radius 3 is 2.48 bits per heavy atom. The van der Waals surface area contributed by atoms with Gasteiger partial charge in [0.15, 0.2) is 5.82 Å².